The maximum Gasteiger partial charge on any atom is 0.223 e. The number of aromatic nitrogens is 5. The molecule has 49 heavy (non-hydrogen) atoms. The molecule has 0 aliphatic carbocycles. The molecule has 232 valence electrons. The highest BCUT2D eigenvalue weighted by Gasteiger charge is 2.25. The molecule has 5 heteroatoms. The van der Waals surface area contributed by atoms with Crippen molar-refractivity contribution in [3.8, 4) is 73.2 Å². The van der Waals surface area contributed by atoms with Crippen molar-refractivity contribution in [3.63, 3.8) is 0 Å². The number of hydrogen-bond acceptors (Lipinski definition) is 3. The number of aryl methyl sites for hydroxylation is 1. The molecule has 0 amide bonds. The first-order chi connectivity index (χ1) is 24.2. The summed E-state index contributed by atoms with van der Waals surface area (Å²) < 4.78 is 4.42. The van der Waals surface area contributed by atoms with Gasteiger partial charge in [-0.25, -0.2) is 9.55 Å². The van der Waals surface area contributed by atoms with E-state index >= 15 is 0 Å². The third kappa shape index (κ3) is 6.25. The highest BCUT2D eigenvalue weighted by atomic mass is 15.0. The van der Waals surface area contributed by atoms with E-state index in [9.17, 15) is 0 Å². The number of benzene rings is 3. The van der Waals surface area contributed by atoms with Crippen molar-refractivity contribution in [1.82, 2.24) is 15.0 Å². The summed E-state index contributed by atoms with van der Waals surface area (Å²) in [6.07, 6.45) is 7.79. The molecule has 5 aromatic heterocycles. The topological polar surface area (TPSA) is 46.4 Å². The van der Waals surface area contributed by atoms with Crippen LogP contribution in [0.1, 0.15) is 0 Å². The summed E-state index contributed by atoms with van der Waals surface area (Å²) in [6.45, 7) is 0. The minimum atomic E-state index is 0.810. The van der Waals surface area contributed by atoms with E-state index in [0.29, 0.717) is 0 Å². The summed E-state index contributed by atoms with van der Waals surface area (Å²) in [5.41, 5.74) is 13.3. The highest BCUT2D eigenvalue weighted by molar-refractivity contribution is 5.79. The van der Waals surface area contributed by atoms with Crippen LogP contribution in [0.3, 0.4) is 0 Å². The van der Waals surface area contributed by atoms with E-state index in [-0.39, 0.29) is 0 Å². The molecule has 5 heterocycles. The van der Waals surface area contributed by atoms with Crippen LogP contribution in [0.5, 0.6) is 0 Å². The average Bonchev–Trinajstić information content (AvgIpc) is 3.19. The molecule has 0 aliphatic heterocycles. The molecule has 0 N–H and O–H groups in total. The van der Waals surface area contributed by atoms with Gasteiger partial charge >= 0.3 is 0 Å². The SMILES string of the molecule is C[n+]1ccc(-[n+]2c(-c3ccccc3)cc(-c3ccc(-c4cc(-c5ccccn5)nc(-c5ccccn5)c4)cc3)cc2-c2ccccc2)cc1. The van der Waals surface area contributed by atoms with Crippen LogP contribution < -0.4 is 9.13 Å². The van der Waals surface area contributed by atoms with Crippen molar-refractivity contribution in [3.05, 3.63) is 183 Å². The molecule has 0 radical (unpaired) electrons. The Morgan fingerprint density at radius 2 is 0.837 bits per heavy atom. The van der Waals surface area contributed by atoms with Crippen molar-refractivity contribution in [1.29, 1.82) is 0 Å². The second-order valence-electron chi connectivity index (χ2n) is 11.9. The van der Waals surface area contributed by atoms with Gasteiger partial charge in [-0.15, -0.1) is 0 Å². The van der Waals surface area contributed by atoms with Gasteiger partial charge in [0.05, 0.1) is 34.9 Å². The first-order valence-electron chi connectivity index (χ1n) is 16.3. The fraction of sp³-hybridized carbons (Fsp3) is 0.0227. The van der Waals surface area contributed by atoms with E-state index in [1.165, 1.54) is 0 Å². The molecule has 0 aliphatic rings. The standard InChI is InChI=1S/C44H33N5/c1-48-26-22-38(23-27-48)49-43(34-12-4-2-5-13-34)30-37(31-44(49)35-14-6-3-7-15-35)33-20-18-32(19-21-33)36-28-41(39-16-8-10-24-45-39)47-42(29-36)40-17-9-11-25-46-40/h2-31H,1H3/q+2. The summed E-state index contributed by atoms with van der Waals surface area (Å²) in [5, 5.41) is 0. The Balaban J connectivity index is 1.27. The predicted octanol–water partition coefficient (Wildman–Crippen LogP) is 8.97. The zero-order chi connectivity index (χ0) is 33.0. The molecule has 0 unspecified atom stereocenters. The van der Waals surface area contributed by atoms with E-state index in [1.54, 1.807) is 12.4 Å². The van der Waals surface area contributed by atoms with E-state index in [0.717, 1.165) is 73.2 Å². The molecule has 0 spiro atoms. The Kier molecular flexibility index (Phi) is 8.06. The molecule has 5 nitrogen and oxygen atoms in total. The van der Waals surface area contributed by atoms with Crippen LogP contribution in [-0.4, -0.2) is 15.0 Å². The maximum atomic E-state index is 4.95. The van der Waals surface area contributed by atoms with E-state index < -0.39 is 0 Å². The van der Waals surface area contributed by atoms with E-state index in [2.05, 4.69) is 153 Å². The largest absolute Gasteiger partial charge is 0.255 e. The number of hydrogen-bond donors (Lipinski definition) is 0. The first-order valence-corrected chi connectivity index (χ1v) is 16.3. The Hall–Kier alpha value is -6.59. The van der Waals surface area contributed by atoms with Gasteiger partial charge in [0, 0.05) is 35.7 Å². The number of nitrogens with zero attached hydrogens (tertiary/aromatic N) is 5. The summed E-state index contributed by atoms with van der Waals surface area (Å²) in [7, 11) is 2.04. The van der Waals surface area contributed by atoms with Crippen LogP contribution in [0.4, 0.5) is 0 Å². The van der Waals surface area contributed by atoms with Crippen molar-refractivity contribution < 1.29 is 9.13 Å². The molecule has 8 aromatic rings. The van der Waals surface area contributed by atoms with Crippen LogP contribution >= 0.6 is 0 Å². The van der Waals surface area contributed by atoms with Crippen LogP contribution in [-0.2, 0) is 7.05 Å². The summed E-state index contributed by atoms with van der Waals surface area (Å²) in [5.74, 6) is 0. The number of pyridine rings is 5. The lowest BCUT2D eigenvalue weighted by Crippen LogP contribution is -2.38. The maximum absolute atomic E-state index is 4.95. The third-order valence-electron chi connectivity index (χ3n) is 8.66. The quantitative estimate of drug-likeness (QED) is 0.165. The lowest BCUT2D eigenvalue weighted by atomic mass is 9.96. The molecule has 0 bridgehead atoms. The summed E-state index contributed by atoms with van der Waals surface area (Å²) >= 11 is 0. The third-order valence-corrected chi connectivity index (χ3v) is 8.66. The van der Waals surface area contributed by atoms with Gasteiger partial charge in [-0.1, -0.05) is 72.8 Å². The van der Waals surface area contributed by atoms with Gasteiger partial charge in [-0.3, -0.25) is 9.97 Å². The predicted molar refractivity (Wildman–Crippen MR) is 195 cm³/mol. The second-order valence-corrected chi connectivity index (χ2v) is 11.9. The summed E-state index contributed by atoms with van der Waals surface area (Å²) in [6, 6.07) is 55.0. The molecular formula is C44H33N5+2. The smallest absolute Gasteiger partial charge is 0.223 e. The fourth-order valence-corrected chi connectivity index (χ4v) is 6.17. The first kappa shape index (κ1) is 29.8. The monoisotopic (exact) mass is 631 g/mol. The lowest BCUT2D eigenvalue weighted by Gasteiger charge is -2.13. The average molecular weight is 632 g/mol. The molecule has 0 saturated carbocycles. The zero-order valence-electron chi connectivity index (χ0n) is 27.1. The minimum absolute atomic E-state index is 0.810. The normalized spacial score (nSPS) is 11.0. The Labute approximate surface area is 286 Å². The Bertz CT molecular complexity index is 2220. The van der Waals surface area contributed by atoms with Crippen molar-refractivity contribution in [2.24, 2.45) is 7.05 Å². The summed E-state index contributed by atoms with van der Waals surface area (Å²) in [4.78, 5) is 14.1. The van der Waals surface area contributed by atoms with Crippen LogP contribution in [0.2, 0.25) is 0 Å². The fourth-order valence-electron chi connectivity index (χ4n) is 6.17. The zero-order valence-corrected chi connectivity index (χ0v) is 27.1. The van der Waals surface area contributed by atoms with Crippen LogP contribution in [0, 0.1) is 0 Å². The molecule has 8 rings (SSSR count). The van der Waals surface area contributed by atoms with Crippen molar-refractivity contribution >= 4 is 0 Å². The second kappa shape index (κ2) is 13.3. The van der Waals surface area contributed by atoms with Gasteiger partial charge in [0.15, 0.2) is 12.4 Å². The van der Waals surface area contributed by atoms with E-state index in [4.69, 9.17) is 4.98 Å². The van der Waals surface area contributed by atoms with Crippen LogP contribution in [0.15, 0.2) is 183 Å². The molecule has 3 aromatic carbocycles. The highest BCUT2D eigenvalue weighted by Crippen LogP contribution is 2.33. The van der Waals surface area contributed by atoms with Crippen molar-refractivity contribution in [2.45, 2.75) is 0 Å². The van der Waals surface area contributed by atoms with Gasteiger partial charge in [0.2, 0.25) is 17.1 Å². The van der Waals surface area contributed by atoms with Gasteiger partial charge in [-0.2, -0.15) is 4.57 Å². The molecule has 0 saturated heterocycles. The van der Waals surface area contributed by atoms with Gasteiger partial charge in [0.1, 0.15) is 7.05 Å². The minimum Gasteiger partial charge on any atom is -0.255 e. The molecular weight excluding hydrogens is 599 g/mol. The van der Waals surface area contributed by atoms with Crippen LogP contribution in [0.25, 0.3) is 73.2 Å². The van der Waals surface area contributed by atoms with Gasteiger partial charge in [0.25, 0.3) is 0 Å². The number of rotatable bonds is 7. The van der Waals surface area contributed by atoms with E-state index in [1.807, 2.05) is 43.4 Å². The Morgan fingerprint density at radius 1 is 0.388 bits per heavy atom. The van der Waals surface area contributed by atoms with Gasteiger partial charge in [-0.05, 0) is 82.9 Å². The van der Waals surface area contributed by atoms with Gasteiger partial charge < -0.3 is 0 Å². The molecule has 0 atom stereocenters. The molecule has 0 fully saturated rings. The Morgan fingerprint density at radius 3 is 1.29 bits per heavy atom. The van der Waals surface area contributed by atoms with Crippen molar-refractivity contribution in [2.75, 3.05) is 0 Å². The lowest BCUT2D eigenvalue weighted by molar-refractivity contribution is -0.673.